The number of aromatic nitrogens is 2. The number of aryl methyl sites for hydroxylation is 2. The van der Waals surface area contributed by atoms with Crippen LogP contribution in [0.2, 0.25) is 0 Å². The Labute approximate surface area is 422 Å². The number of benzene rings is 2. The molecule has 0 N–H and O–H groups in total. The summed E-state index contributed by atoms with van der Waals surface area (Å²) in [6.07, 6.45) is 3.96. The minimum Gasteiger partial charge on any atom is -0.444 e. The zero-order valence-corrected chi connectivity index (χ0v) is 43.9. The molecule has 8 rings (SSSR count). The molecule has 0 unspecified atom stereocenters. The van der Waals surface area contributed by atoms with Gasteiger partial charge in [-0.1, -0.05) is 12.8 Å². The van der Waals surface area contributed by atoms with E-state index in [2.05, 4.69) is 9.13 Å². The van der Waals surface area contributed by atoms with Crippen LogP contribution in [0.25, 0.3) is 33.2 Å². The second kappa shape index (κ2) is 20.6. The molecule has 72 heavy (non-hydrogen) atoms. The predicted octanol–water partition coefficient (Wildman–Crippen LogP) is 9.86. The molecule has 2 aromatic carbocycles. The highest BCUT2D eigenvalue weighted by atomic mass is 19.1. The van der Waals surface area contributed by atoms with Gasteiger partial charge in [-0.05, 0) is 154 Å². The molecule has 0 bridgehead atoms. The summed E-state index contributed by atoms with van der Waals surface area (Å²) in [7, 11) is 3.04. The van der Waals surface area contributed by atoms with E-state index in [1.807, 2.05) is 21.9 Å². The van der Waals surface area contributed by atoms with Crippen LogP contribution in [-0.2, 0) is 54.6 Å². The Bertz CT molecular complexity index is 2580. The number of carbonyl (C=O) groups is 6. The van der Waals surface area contributed by atoms with E-state index in [1.54, 1.807) is 67.5 Å². The number of likely N-dealkylation sites (N-methyl/N-ethyl adjacent to an activating group) is 2. The standard InChI is InChI=1S/C56H74F2N6O8/c1-33(59(9)53(69)71-55(3,4)5)47(65)27-35-15-11-12-16-36(28-48(66)34(2)60(10)54(70)72-56(6,7)8)52(68)62-24-14-18-40(62)32-44-42-22-20-38(58)30-46(42)64-26-25-63-45-29-37(57)19-21-41(45)43(49(63)50(44)64)31-39-17-13-23-61(39)51(35)67/h19-22,29-30,33-36,39-40H,11-18,23-28,31-32H2,1-10H3/t33-,34-,35+,36+,39-,40-/m0/s1. The SMILES string of the molecule is C[C@@H](C(=O)C[C@H]1CCCC[C@H](CC(=O)[C@H](C)N(C)C(=O)OC(C)(C)C)C(=O)N2CCC[C@H]2Cc2c3n(c4cc(F)ccc24)CCn2c-3c(c3ccc(F)cc32)C[C@@H]2CCCN2C1=O)N(C)C(=O)OC(C)(C)C. The Morgan fingerprint density at radius 3 is 1.33 bits per heavy atom. The molecule has 16 heteroatoms. The molecule has 2 aromatic heterocycles. The van der Waals surface area contributed by atoms with Crippen LogP contribution in [0.5, 0.6) is 0 Å². The van der Waals surface area contributed by atoms with Crippen molar-refractivity contribution in [2.24, 2.45) is 11.8 Å². The number of nitrogens with zero attached hydrogens (tertiary/aromatic N) is 6. The lowest BCUT2D eigenvalue weighted by atomic mass is 9.88. The molecule has 4 aliphatic heterocycles. The van der Waals surface area contributed by atoms with Gasteiger partial charge in [0.2, 0.25) is 11.8 Å². The maximum absolute atomic E-state index is 15.3. The first kappa shape index (κ1) is 52.5. The third-order valence-corrected chi connectivity index (χ3v) is 15.6. The number of halogens is 2. The molecule has 390 valence electrons. The second-order valence-electron chi connectivity index (χ2n) is 22.9. The maximum atomic E-state index is 15.3. The average Bonchev–Trinajstić information content (AvgIpc) is 4.11. The Morgan fingerprint density at radius 2 is 0.972 bits per heavy atom. The fraction of sp³-hybridized carbons (Fsp3) is 0.607. The third-order valence-electron chi connectivity index (χ3n) is 15.6. The van der Waals surface area contributed by atoms with E-state index < -0.39 is 47.3 Å². The third kappa shape index (κ3) is 10.8. The van der Waals surface area contributed by atoms with Crippen molar-refractivity contribution < 1.29 is 47.0 Å². The molecular formula is C56H74F2N6O8. The number of ether oxygens (including phenoxy) is 2. The quantitative estimate of drug-likeness (QED) is 0.170. The van der Waals surface area contributed by atoms with E-state index in [9.17, 15) is 19.2 Å². The first-order chi connectivity index (χ1) is 33.9. The normalized spacial score (nSPS) is 21.9. The van der Waals surface area contributed by atoms with Gasteiger partial charge in [0.15, 0.2) is 11.6 Å². The highest BCUT2D eigenvalue weighted by molar-refractivity contribution is 5.99. The summed E-state index contributed by atoms with van der Waals surface area (Å²) >= 11 is 0. The number of amides is 4. The summed E-state index contributed by atoms with van der Waals surface area (Å²) in [5, 5.41) is 1.75. The first-order valence-electron chi connectivity index (χ1n) is 26.1. The number of hydrogen-bond donors (Lipinski definition) is 0. The van der Waals surface area contributed by atoms with Crippen LogP contribution >= 0.6 is 0 Å². The Kier molecular flexibility index (Phi) is 15.0. The van der Waals surface area contributed by atoms with E-state index in [0.29, 0.717) is 64.7 Å². The van der Waals surface area contributed by atoms with Crippen LogP contribution in [0, 0.1) is 23.5 Å². The lowest BCUT2D eigenvalue weighted by Gasteiger charge is -2.32. The summed E-state index contributed by atoms with van der Waals surface area (Å²) < 4.78 is 46.2. The van der Waals surface area contributed by atoms with Gasteiger partial charge in [0.1, 0.15) is 22.8 Å². The van der Waals surface area contributed by atoms with Crippen molar-refractivity contribution in [1.82, 2.24) is 28.7 Å². The topological polar surface area (TPSA) is 144 Å². The molecule has 4 aliphatic rings. The predicted molar refractivity (Wildman–Crippen MR) is 271 cm³/mol. The van der Waals surface area contributed by atoms with Crippen molar-refractivity contribution in [1.29, 1.82) is 0 Å². The molecule has 14 nitrogen and oxygen atoms in total. The largest absolute Gasteiger partial charge is 0.444 e. The van der Waals surface area contributed by atoms with Crippen LogP contribution in [0.15, 0.2) is 36.4 Å². The van der Waals surface area contributed by atoms with Crippen molar-refractivity contribution >= 4 is 57.4 Å². The molecule has 0 saturated carbocycles. The molecule has 4 amide bonds. The van der Waals surface area contributed by atoms with Gasteiger partial charge >= 0.3 is 12.2 Å². The van der Waals surface area contributed by atoms with E-state index in [0.717, 1.165) is 70.0 Å². The summed E-state index contributed by atoms with van der Waals surface area (Å²) in [6, 6.07) is 7.46. The van der Waals surface area contributed by atoms with Crippen molar-refractivity contribution in [2.45, 2.75) is 181 Å². The lowest BCUT2D eigenvalue weighted by Crippen LogP contribution is -2.46. The number of hydrogen-bond acceptors (Lipinski definition) is 8. The van der Waals surface area contributed by atoms with Crippen molar-refractivity contribution in [3.8, 4) is 11.4 Å². The van der Waals surface area contributed by atoms with E-state index in [1.165, 1.54) is 36.0 Å². The molecule has 4 aromatic rings. The van der Waals surface area contributed by atoms with Gasteiger partial charge in [0, 0.05) is 87.8 Å². The second-order valence-corrected chi connectivity index (χ2v) is 22.9. The van der Waals surface area contributed by atoms with Crippen molar-refractivity contribution in [3.05, 3.63) is 59.2 Å². The molecule has 2 saturated heterocycles. The first-order valence-corrected chi connectivity index (χ1v) is 26.1. The highest BCUT2D eigenvalue weighted by Crippen LogP contribution is 2.46. The minimum absolute atomic E-state index is 0.120. The number of carbonyl (C=O) groups excluding carboxylic acids is 6. The smallest absolute Gasteiger partial charge is 0.410 e. The Hall–Kier alpha value is -5.80. The maximum Gasteiger partial charge on any atom is 0.410 e. The Balaban J connectivity index is 1.22. The molecular weight excluding hydrogens is 923 g/mol. The summed E-state index contributed by atoms with van der Waals surface area (Å²) in [6.45, 7) is 15.8. The Morgan fingerprint density at radius 1 is 0.597 bits per heavy atom. The number of fused-ring (bicyclic) bond motifs is 8. The van der Waals surface area contributed by atoms with Gasteiger partial charge in [0.25, 0.3) is 0 Å². The molecule has 2 fully saturated rings. The van der Waals surface area contributed by atoms with Gasteiger partial charge in [-0.3, -0.25) is 19.2 Å². The van der Waals surface area contributed by atoms with Crippen LogP contribution in [0.1, 0.15) is 131 Å². The highest BCUT2D eigenvalue weighted by Gasteiger charge is 2.41. The van der Waals surface area contributed by atoms with Crippen LogP contribution in [0.3, 0.4) is 0 Å². The van der Waals surface area contributed by atoms with Gasteiger partial charge in [-0.15, -0.1) is 0 Å². The van der Waals surface area contributed by atoms with Gasteiger partial charge < -0.3 is 38.2 Å². The van der Waals surface area contributed by atoms with E-state index >= 15 is 18.4 Å². The zero-order chi connectivity index (χ0) is 52.1. The monoisotopic (exact) mass is 997 g/mol. The fourth-order valence-corrected chi connectivity index (χ4v) is 11.7. The van der Waals surface area contributed by atoms with E-state index in [-0.39, 0.29) is 59.9 Å². The van der Waals surface area contributed by atoms with Crippen LogP contribution in [0.4, 0.5) is 18.4 Å². The number of ketones is 2. The van der Waals surface area contributed by atoms with Crippen molar-refractivity contribution in [2.75, 3.05) is 27.2 Å². The molecule has 6 atom stereocenters. The number of rotatable bonds is 8. The minimum atomic E-state index is -0.883. The van der Waals surface area contributed by atoms with Crippen LogP contribution < -0.4 is 0 Å². The van der Waals surface area contributed by atoms with Crippen molar-refractivity contribution in [3.63, 3.8) is 0 Å². The fourth-order valence-electron chi connectivity index (χ4n) is 11.7. The zero-order valence-electron chi connectivity index (χ0n) is 43.9. The van der Waals surface area contributed by atoms with Gasteiger partial charge in [-0.25, -0.2) is 18.4 Å². The van der Waals surface area contributed by atoms with Crippen LogP contribution in [-0.4, -0.2) is 127 Å². The summed E-state index contributed by atoms with van der Waals surface area (Å²) in [5.41, 5.74) is 3.61. The van der Waals surface area contributed by atoms with Gasteiger partial charge in [0.05, 0.1) is 34.5 Å². The van der Waals surface area contributed by atoms with E-state index in [4.69, 9.17) is 9.47 Å². The molecule has 0 spiro atoms. The molecule has 0 radical (unpaired) electrons. The van der Waals surface area contributed by atoms with Gasteiger partial charge in [-0.2, -0.15) is 0 Å². The summed E-state index contributed by atoms with van der Waals surface area (Å²) in [5.74, 6) is -3.12. The molecule has 6 heterocycles. The lowest BCUT2D eigenvalue weighted by molar-refractivity contribution is -0.140. The average molecular weight is 997 g/mol. The number of Topliss-reactive ketones (excluding diaryl/α,β-unsaturated/α-hetero) is 2. The molecule has 0 aliphatic carbocycles. The summed E-state index contributed by atoms with van der Waals surface area (Å²) in [4.78, 5) is 91.5.